The number of hydrogen-bond donors (Lipinski definition) is 1. The molecule has 1 saturated heterocycles. The molecule has 0 bridgehead atoms. The van der Waals surface area contributed by atoms with Crippen LogP contribution in [-0.4, -0.2) is 42.3 Å². The van der Waals surface area contributed by atoms with Crippen molar-refractivity contribution in [3.05, 3.63) is 17.6 Å². The van der Waals surface area contributed by atoms with Crippen LogP contribution < -0.4 is 10.6 Å². The molecule has 1 atom stereocenters. The predicted octanol–water partition coefficient (Wildman–Crippen LogP) is 0.519. The minimum absolute atomic E-state index is 0.250. The normalized spacial score (nSPS) is 23.8. The Morgan fingerprint density at radius 1 is 1.33 bits per heavy atom. The molecular formula is C13H20N4O. The minimum atomic E-state index is 0.250. The first kappa shape index (κ1) is 11.9. The molecule has 0 amide bonds. The Labute approximate surface area is 107 Å². The first-order chi connectivity index (χ1) is 8.90. The van der Waals surface area contributed by atoms with Crippen LogP contribution in [0.4, 0.5) is 5.82 Å². The molecule has 0 aromatic carbocycles. The molecule has 2 aliphatic rings. The van der Waals surface area contributed by atoms with Crippen LogP contribution in [-0.2, 0) is 17.6 Å². The van der Waals surface area contributed by atoms with Gasteiger partial charge in [-0.05, 0) is 25.7 Å². The number of hydrogen-bond acceptors (Lipinski definition) is 5. The molecule has 1 aliphatic carbocycles. The zero-order valence-corrected chi connectivity index (χ0v) is 10.6. The van der Waals surface area contributed by atoms with Crippen LogP contribution in [0.25, 0.3) is 0 Å². The number of fused-ring (bicyclic) bond motifs is 1. The molecule has 1 aromatic rings. The smallest absolute Gasteiger partial charge is 0.135 e. The predicted molar refractivity (Wildman–Crippen MR) is 69.7 cm³/mol. The summed E-state index contributed by atoms with van der Waals surface area (Å²) < 4.78 is 5.50. The van der Waals surface area contributed by atoms with Gasteiger partial charge in [0.2, 0.25) is 0 Å². The van der Waals surface area contributed by atoms with E-state index in [0.717, 1.165) is 31.8 Å². The van der Waals surface area contributed by atoms with Crippen molar-refractivity contribution in [2.75, 3.05) is 31.2 Å². The largest absolute Gasteiger partial charge is 0.377 e. The molecule has 5 nitrogen and oxygen atoms in total. The lowest BCUT2D eigenvalue weighted by Gasteiger charge is -2.37. The number of nitrogens with zero attached hydrogens (tertiary/aromatic N) is 3. The van der Waals surface area contributed by atoms with E-state index in [1.54, 1.807) is 6.33 Å². The maximum Gasteiger partial charge on any atom is 0.135 e. The number of rotatable bonds is 2. The molecule has 2 N–H and O–H groups in total. The topological polar surface area (TPSA) is 64.3 Å². The second-order valence-electron chi connectivity index (χ2n) is 4.99. The van der Waals surface area contributed by atoms with Gasteiger partial charge in [0.1, 0.15) is 12.1 Å². The summed E-state index contributed by atoms with van der Waals surface area (Å²) >= 11 is 0. The van der Waals surface area contributed by atoms with Gasteiger partial charge in [0, 0.05) is 24.3 Å². The maximum absolute atomic E-state index is 5.84. The zero-order valence-electron chi connectivity index (χ0n) is 10.6. The Bertz CT molecular complexity index is 423. The Morgan fingerprint density at radius 2 is 2.22 bits per heavy atom. The van der Waals surface area contributed by atoms with Crippen LogP contribution in [0.5, 0.6) is 0 Å². The third kappa shape index (κ3) is 2.08. The standard InChI is InChI=1S/C13H20N4O/c14-7-10-8-18-6-5-17(10)13-11-3-1-2-4-12(11)15-9-16-13/h9-10H,1-8,14H2. The number of aromatic nitrogens is 2. The van der Waals surface area contributed by atoms with Gasteiger partial charge >= 0.3 is 0 Å². The maximum atomic E-state index is 5.84. The summed E-state index contributed by atoms with van der Waals surface area (Å²) in [7, 11) is 0. The van der Waals surface area contributed by atoms with E-state index in [2.05, 4.69) is 14.9 Å². The molecule has 0 saturated carbocycles. The Balaban J connectivity index is 1.95. The molecule has 1 aromatic heterocycles. The van der Waals surface area contributed by atoms with Gasteiger partial charge in [0.15, 0.2) is 0 Å². The van der Waals surface area contributed by atoms with E-state index in [9.17, 15) is 0 Å². The quantitative estimate of drug-likeness (QED) is 0.826. The first-order valence-corrected chi connectivity index (χ1v) is 6.77. The Hall–Kier alpha value is -1.20. The highest BCUT2D eigenvalue weighted by Crippen LogP contribution is 2.28. The highest BCUT2D eigenvalue weighted by atomic mass is 16.5. The van der Waals surface area contributed by atoms with Crippen LogP contribution in [0.3, 0.4) is 0 Å². The molecule has 5 heteroatoms. The lowest BCUT2D eigenvalue weighted by atomic mass is 9.96. The lowest BCUT2D eigenvalue weighted by molar-refractivity contribution is 0.0957. The van der Waals surface area contributed by atoms with E-state index in [0.29, 0.717) is 13.2 Å². The van der Waals surface area contributed by atoms with Crippen molar-refractivity contribution in [3.63, 3.8) is 0 Å². The summed E-state index contributed by atoms with van der Waals surface area (Å²) in [6.07, 6.45) is 6.36. The molecular weight excluding hydrogens is 228 g/mol. The van der Waals surface area contributed by atoms with E-state index in [4.69, 9.17) is 10.5 Å². The summed E-state index contributed by atoms with van der Waals surface area (Å²) in [5, 5.41) is 0. The first-order valence-electron chi connectivity index (χ1n) is 6.77. The van der Waals surface area contributed by atoms with E-state index >= 15 is 0 Å². The third-order valence-corrected chi connectivity index (χ3v) is 3.87. The highest BCUT2D eigenvalue weighted by molar-refractivity contribution is 5.50. The van der Waals surface area contributed by atoms with Crippen molar-refractivity contribution < 1.29 is 4.74 Å². The average molecular weight is 248 g/mol. The fourth-order valence-corrected chi connectivity index (χ4v) is 2.88. The second kappa shape index (κ2) is 5.20. The number of aryl methyl sites for hydroxylation is 1. The van der Waals surface area contributed by atoms with Crippen LogP contribution in [0.2, 0.25) is 0 Å². The molecule has 0 spiro atoms. The minimum Gasteiger partial charge on any atom is -0.377 e. The van der Waals surface area contributed by atoms with Crippen molar-refractivity contribution in [2.24, 2.45) is 5.73 Å². The second-order valence-corrected chi connectivity index (χ2v) is 4.99. The molecule has 18 heavy (non-hydrogen) atoms. The molecule has 98 valence electrons. The molecule has 1 aliphatic heterocycles. The Morgan fingerprint density at radius 3 is 3.11 bits per heavy atom. The summed E-state index contributed by atoms with van der Waals surface area (Å²) in [4.78, 5) is 11.3. The van der Waals surface area contributed by atoms with Crippen LogP contribution in [0.15, 0.2) is 6.33 Å². The fourth-order valence-electron chi connectivity index (χ4n) is 2.88. The van der Waals surface area contributed by atoms with Gasteiger partial charge in [0.05, 0.1) is 19.3 Å². The van der Waals surface area contributed by atoms with Crippen LogP contribution in [0, 0.1) is 0 Å². The average Bonchev–Trinajstić information content (AvgIpc) is 2.46. The van der Waals surface area contributed by atoms with Gasteiger partial charge in [-0.1, -0.05) is 0 Å². The van der Waals surface area contributed by atoms with E-state index in [-0.39, 0.29) is 6.04 Å². The molecule has 1 fully saturated rings. The number of anilines is 1. The van der Waals surface area contributed by atoms with E-state index in [1.807, 2.05) is 0 Å². The molecule has 0 radical (unpaired) electrons. The summed E-state index contributed by atoms with van der Waals surface area (Å²) in [6, 6.07) is 0.250. The molecule has 2 heterocycles. The van der Waals surface area contributed by atoms with Gasteiger partial charge in [-0.15, -0.1) is 0 Å². The van der Waals surface area contributed by atoms with Gasteiger partial charge in [-0.25, -0.2) is 9.97 Å². The van der Waals surface area contributed by atoms with Gasteiger partial charge < -0.3 is 15.4 Å². The number of morpholine rings is 1. The molecule has 1 unspecified atom stereocenters. The van der Waals surface area contributed by atoms with Crippen LogP contribution >= 0.6 is 0 Å². The van der Waals surface area contributed by atoms with Gasteiger partial charge in [-0.2, -0.15) is 0 Å². The van der Waals surface area contributed by atoms with Crippen molar-refractivity contribution >= 4 is 5.82 Å². The fraction of sp³-hybridized carbons (Fsp3) is 0.692. The number of nitrogens with two attached hydrogens (primary N) is 1. The van der Waals surface area contributed by atoms with Crippen molar-refractivity contribution in [1.82, 2.24) is 9.97 Å². The SMILES string of the molecule is NCC1COCCN1c1ncnc2c1CCCC2. The lowest BCUT2D eigenvalue weighted by Crippen LogP contribution is -2.50. The van der Waals surface area contributed by atoms with Crippen molar-refractivity contribution in [1.29, 1.82) is 0 Å². The highest BCUT2D eigenvalue weighted by Gasteiger charge is 2.27. The summed E-state index contributed by atoms with van der Waals surface area (Å²) in [5.41, 5.74) is 8.41. The zero-order chi connectivity index (χ0) is 12.4. The summed E-state index contributed by atoms with van der Waals surface area (Å²) in [6.45, 7) is 2.95. The van der Waals surface area contributed by atoms with Crippen molar-refractivity contribution in [3.8, 4) is 0 Å². The van der Waals surface area contributed by atoms with Crippen molar-refractivity contribution in [2.45, 2.75) is 31.7 Å². The van der Waals surface area contributed by atoms with E-state index in [1.165, 1.54) is 24.1 Å². The van der Waals surface area contributed by atoms with Gasteiger partial charge in [0.25, 0.3) is 0 Å². The van der Waals surface area contributed by atoms with Gasteiger partial charge in [-0.3, -0.25) is 0 Å². The molecule has 3 rings (SSSR count). The third-order valence-electron chi connectivity index (χ3n) is 3.87. The number of ether oxygens (including phenoxy) is 1. The summed E-state index contributed by atoms with van der Waals surface area (Å²) in [5.74, 6) is 1.10. The Kier molecular flexibility index (Phi) is 3.43. The van der Waals surface area contributed by atoms with Crippen LogP contribution in [0.1, 0.15) is 24.1 Å². The van der Waals surface area contributed by atoms with E-state index < -0.39 is 0 Å². The monoisotopic (exact) mass is 248 g/mol.